The van der Waals surface area contributed by atoms with Crippen LogP contribution < -0.4 is 5.32 Å². The predicted octanol–water partition coefficient (Wildman–Crippen LogP) is 4.54. The number of piperidine rings is 1. The number of nitrogens with one attached hydrogen (secondary N) is 1. The molecule has 0 bridgehead atoms. The molecule has 1 aromatic heterocycles. The third kappa shape index (κ3) is 4.85. The molecule has 31 heavy (non-hydrogen) atoms. The first-order valence-corrected chi connectivity index (χ1v) is 12.3. The summed E-state index contributed by atoms with van der Waals surface area (Å²) in [6.07, 6.45) is 3.30. The second-order valence-corrected chi connectivity index (χ2v) is 10.4. The Morgan fingerprint density at radius 2 is 1.84 bits per heavy atom. The summed E-state index contributed by atoms with van der Waals surface area (Å²) in [6, 6.07) is 14.4. The van der Waals surface area contributed by atoms with Gasteiger partial charge in [0.05, 0.1) is 0 Å². The summed E-state index contributed by atoms with van der Waals surface area (Å²) in [6.45, 7) is 7.59. The molecule has 0 aliphatic carbocycles. The zero-order chi connectivity index (χ0) is 21.8. The lowest BCUT2D eigenvalue weighted by Gasteiger charge is -2.41. The number of hydrogen-bond donors (Lipinski definition) is 1. The molecule has 6 heteroatoms. The Labute approximate surface area is 189 Å². The van der Waals surface area contributed by atoms with Gasteiger partial charge in [0, 0.05) is 18.0 Å². The molecule has 1 aromatic carbocycles. The lowest BCUT2D eigenvalue weighted by Crippen LogP contribution is -2.56. The van der Waals surface area contributed by atoms with Gasteiger partial charge in [-0.05, 0) is 67.6 Å². The fourth-order valence-corrected chi connectivity index (χ4v) is 5.87. The van der Waals surface area contributed by atoms with E-state index in [1.165, 1.54) is 15.3 Å². The fraction of sp³-hybridized carbons (Fsp3) is 0.520. The van der Waals surface area contributed by atoms with Crippen LogP contribution in [0.15, 0.2) is 47.8 Å². The van der Waals surface area contributed by atoms with Crippen LogP contribution in [-0.4, -0.2) is 46.9 Å². The van der Waals surface area contributed by atoms with E-state index in [0.717, 1.165) is 38.9 Å². The van der Waals surface area contributed by atoms with Crippen molar-refractivity contribution >= 4 is 23.3 Å². The predicted molar refractivity (Wildman–Crippen MR) is 125 cm³/mol. The summed E-state index contributed by atoms with van der Waals surface area (Å²) in [5, 5.41) is 5.22. The molecule has 2 aliphatic heterocycles. The molecule has 0 spiro atoms. The summed E-state index contributed by atoms with van der Waals surface area (Å²) in [7, 11) is 0. The molecule has 2 aromatic rings. The maximum Gasteiger partial charge on any atom is 0.325 e. The Hall–Kier alpha value is -2.18. The van der Waals surface area contributed by atoms with Crippen molar-refractivity contribution in [3.8, 4) is 0 Å². The minimum absolute atomic E-state index is 0.00994. The van der Waals surface area contributed by atoms with E-state index in [9.17, 15) is 9.59 Å². The van der Waals surface area contributed by atoms with E-state index in [1.807, 2.05) is 17.5 Å². The molecule has 1 unspecified atom stereocenters. The lowest BCUT2D eigenvalue weighted by atomic mass is 9.73. The highest BCUT2D eigenvalue weighted by atomic mass is 32.1. The first-order chi connectivity index (χ1) is 15.0. The minimum Gasteiger partial charge on any atom is -0.323 e. The number of carbonyl (C=O) groups excluding carboxylic acids is 2. The SMILES string of the molecule is CC(C)CC1(C2CCN(Cc3ccccc3)CC2)NC(=O)N(CCc2cccs2)C1=O. The van der Waals surface area contributed by atoms with Gasteiger partial charge >= 0.3 is 6.03 Å². The van der Waals surface area contributed by atoms with E-state index < -0.39 is 5.54 Å². The van der Waals surface area contributed by atoms with Crippen molar-refractivity contribution in [2.24, 2.45) is 11.8 Å². The highest BCUT2D eigenvalue weighted by Crippen LogP contribution is 2.38. The lowest BCUT2D eigenvalue weighted by molar-refractivity contribution is -0.134. The number of nitrogens with zero attached hydrogens (tertiary/aromatic N) is 2. The van der Waals surface area contributed by atoms with E-state index in [4.69, 9.17) is 0 Å². The fourth-order valence-electron chi connectivity index (χ4n) is 5.18. The normalized spacial score (nSPS) is 23.0. The summed E-state index contributed by atoms with van der Waals surface area (Å²) in [5.41, 5.74) is 0.572. The van der Waals surface area contributed by atoms with Crippen molar-refractivity contribution in [1.29, 1.82) is 0 Å². The molecule has 4 rings (SSSR count). The van der Waals surface area contributed by atoms with Crippen molar-refractivity contribution in [3.63, 3.8) is 0 Å². The number of carbonyl (C=O) groups is 2. The number of hydrogen-bond acceptors (Lipinski definition) is 4. The van der Waals surface area contributed by atoms with Gasteiger partial charge < -0.3 is 5.32 Å². The largest absolute Gasteiger partial charge is 0.325 e. The first kappa shape index (κ1) is 22.0. The highest BCUT2D eigenvalue weighted by Gasteiger charge is 2.55. The Morgan fingerprint density at radius 1 is 1.10 bits per heavy atom. The van der Waals surface area contributed by atoms with Crippen molar-refractivity contribution in [2.75, 3.05) is 19.6 Å². The zero-order valence-corrected chi connectivity index (χ0v) is 19.4. The molecule has 1 atom stereocenters. The molecule has 2 aliphatic rings. The van der Waals surface area contributed by atoms with Crippen molar-refractivity contribution in [2.45, 2.75) is 51.6 Å². The standard InChI is InChI=1S/C25H33N3O2S/c1-19(2)17-25(21-10-13-27(14-11-21)18-20-7-4-3-5-8-20)23(29)28(24(30)26-25)15-12-22-9-6-16-31-22/h3-9,16,19,21H,10-15,17-18H2,1-2H3,(H,26,30). The second kappa shape index (κ2) is 9.53. The number of amides is 3. The number of thiophene rings is 1. The molecule has 166 valence electrons. The third-order valence-corrected chi connectivity index (χ3v) is 7.56. The van der Waals surface area contributed by atoms with Crippen LogP contribution in [0, 0.1) is 11.8 Å². The first-order valence-electron chi connectivity index (χ1n) is 11.4. The van der Waals surface area contributed by atoms with Crippen molar-refractivity contribution in [3.05, 3.63) is 58.3 Å². The van der Waals surface area contributed by atoms with E-state index in [2.05, 4.69) is 54.4 Å². The Balaban J connectivity index is 1.44. The maximum absolute atomic E-state index is 13.6. The average Bonchev–Trinajstić information content (AvgIpc) is 3.35. The monoisotopic (exact) mass is 439 g/mol. The maximum atomic E-state index is 13.6. The summed E-state index contributed by atoms with van der Waals surface area (Å²) in [5.74, 6) is 0.512. The molecule has 3 amide bonds. The van der Waals surface area contributed by atoms with Crippen LogP contribution in [0.1, 0.15) is 43.6 Å². The molecule has 1 N–H and O–H groups in total. The van der Waals surface area contributed by atoms with Gasteiger partial charge in [0.2, 0.25) is 0 Å². The molecule has 3 heterocycles. The zero-order valence-electron chi connectivity index (χ0n) is 18.5. The minimum atomic E-state index is -0.750. The van der Waals surface area contributed by atoms with Gasteiger partial charge in [-0.2, -0.15) is 0 Å². The van der Waals surface area contributed by atoms with Crippen LogP contribution in [0.3, 0.4) is 0 Å². The van der Waals surface area contributed by atoms with Crippen LogP contribution in [0.4, 0.5) is 4.79 Å². The quantitative estimate of drug-likeness (QED) is 0.615. The molecule has 2 saturated heterocycles. The highest BCUT2D eigenvalue weighted by molar-refractivity contribution is 7.09. The van der Waals surface area contributed by atoms with Crippen LogP contribution in [-0.2, 0) is 17.8 Å². The van der Waals surface area contributed by atoms with Gasteiger partial charge in [-0.25, -0.2) is 4.79 Å². The molecule has 2 fully saturated rings. The van der Waals surface area contributed by atoms with Crippen molar-refractivity contribution < 1.29 is 9.59 Å². The van der Waals surface area contributed by atoms with Gasteiger partial charge in [0.1, 0.15) is 5.54 Å². The average molecular weight is 440 g/mol. The van der Waals surface area contributed by atoms with Gasteiger partial charge in [-0.3, -0.25) is 14.6 Å². The third-order valence-electron chi connectivity index (χ3n) is 6.63. The smallest absolute Gasteiger partial charge is 0.323 e. The summed E-state index contributed by atoms with van der Waals surface area (Å²) >= 11 is 1.67. The summed E-state index contributed by atoms with van der Waals surface area (Å²) < 4.78 is 0. The molecule has 0 saturated carbocycles. The van der Waals surface area contributed by atoms with Crippen LogP contribution >= 0.6 is 11.3 Å². The number of urea groups is 1. The van der Waals surface area contributed by atoms with Crippen LogP contribution in [0.5, 0.6) is 0 Å². The summed E-state index contributed by atoms with van der Waals surface area (Å²) in [4.78, 5) is 31.7. The van der Waals surface area contributed by atoms with Gasteiger partial charge in [-0.1, -0.05) is 50.2 Å². The molecule has 5 nitrogen and oxygen atoms in total. The Kier molecular flexibility index (Phi) is 6.77. The second-order valence-electron chi connectivity index (χ2n) is 9.32. The Morgan fingerprint density at radius 3 is 2.48 bits per heavy atom. The number of benzene rings is 1. The van der Waals surface area contributed by atoms with Gasteiger partial charge in [0.15, 0.2) is 0 Å². The van der Waals surface area contributed by atoms with Crippen molar-refractivity contribution in [1.82, 2.24) is 15.1 Å². The molecule has 0 radical (unpaired) electrons. The van der Waals surface area contributed by atoms with E-state index in [1.54, 1.807) is 11.3 Å². The van der Waals surface area contributed by atoms with E-state index in [0.29, 0.717) is 18.9 Å². The topological polar surface area (TPSA) is 52.7 Å². The Bertz CT molecular complexity index is 875. The van der Waals surface area contributed by atoms with E-state index >= 15 is 0 Å². The van der Waals surface area contributed by atoms with E-state index in [-0.39, 0.29) is 17.9 Å². The molecular weight excluding hydrogens is 406 g/mol. The number of rotatable bonds is 8. The van der Waals surface area contributed by atoms with Crippen LogP contribution in [0.25, 0.3) is 0 Å². The van der Waals surface area contributed by atoms with Gasteiger partial charge in [0.25, 0.3) is 5.91 Å². The number of imide groups is 1. The van der Waals surface area contributed by atoms with Gasteiger partial charge in [-0.15, -0.1) is 11.3 Å². The number of likely N-dealkylation sites (tertiary alicyclic amines) is 1. The molecular formula is C25H33N3O2S. The van der Waals surface area contributed by atoms with Crippen LogP contribution in [0.2, 0.25) is 0 Å².